The van der Waals surface area contributed by atoms with Gasteiger partial charge in [0.1, 0.15) is 0 Å². The van der Waals surface area contributed by atoms with E-state index in [0.29, 0.717) is 10.0 Å². The molecule has 3 rings (SSSR count). The van der Waals surface area contributed by atoms with Crippen LogP contribution in [0, 0.1) is 5.82 Å². The molecular formula is C17H15BrFNO2. The molecule has 2 aromatic carbocycles. The minimum atomic E-state index is -0.863. The Kier molecular flexibility index (Phi) is 4.43. The number of amides is 1. The lowest BCUT2D eigenvalue weighted by molar-refractivity contribution is -0.128. The van der Waals surface area contributed by atoms with E-state index in [1.54, 1.807) is 18.2 Å². The van der Waals surface area contributed by atoms with E-state index >= 15 is 0 Å². The topological polar surface area (TPSA) is 38.3 Å². The van der Waals surface area contributed by atoms with E-state index in [4.69, 9.17) is 4.74 Å². The molecule has 0 spiro atoms. The SMILES string of the molecule is O=C(NC1CC1)[C@H](Oc1ccc(Br)cc1F)c1ccccc1. The normalized spacial score (nSPS) is 15.2. The Labute approximate surface area is 136 Å². The first-order valence-electron chi connectivity index (χ1n) is 7.10. The van der Waals surface area contributed by atoms with Gasteiger partial charge in [-0.05, 0) is 31.0 Å². The van der Waals surface area contributed by atoms with E-state index in [0.717, 1.165) is 12.8 Å². The minimum Gasteiger partial charge on any atom is -0.473 e. The van der Waals surface area contributed by atoms with E-state index in [1.807, 2.05) is 18.2 Å². The summed E-state index contributed by atoms with van der Waals surface area (Å²) < 4.78 is 20.3. The van der Waals surface area contributed by atoms with Gasteiger partial charge in [-0.3, -0.25) is 4.79 Å². The summed E-state index contributed by atoms with van der Waals surface area (Å²) in [5.41, 5.74) is 0.697. The predicted molar refractivity (Wildman–Crippen MR) is 85.1 cm³/mol. The van der Waals surface area contributed by atoms with Crippen LogP contribution >= 0.6 is 15.9 Å². The number of carbonyl (C=O) groups excluding carboxylic acids is 1. The fraction of sp³-hybridized carbons (Fsp3) is 0.235. The molecule has 0 heterocycles. The number of hydrogen-bond acceptors (Lipinski definition) is 2. The van der Waals surface area contributed by atoms with Gasteiger partial charge in [-0.25, -0.2) is 4.39 Å². The van der Waals surface area contributed by atoms with Gasteiger partial charge in [-0.2, -0.15) is 0 Å². The number of hydrogen-bond donors (Lipinski definition) is 1. The van der Waals surface area contributed by atoms with Gasteiger partial charge in [-0.15, -0.1) is 0 Å². The van der Waals surface area contributed by atoms with E-state index < -0.39 is 11.9 Å². The first-order chi connectivity index (χ1) is 10.6. The van der Waals surface area contributed by atoms with Crippen molar-refractivity contribution >= 4 is 21.8 Å². The van der Waals surface area contributed by atoms with Gasteiger partial charge < -0.3 is 10.1 Å². The van der Waals surface area contributed by atoms with Gasteiger partial charge in [0.05, 0.1) is 0 Å². The molecule has 0 saturated heterocycles. The highest BCUT2D eigenvalue weighted by molar-refractivity contribution is 9.10. The Morgan fingerprint density at radius 1 is 1.23 bits per heavy atom. The molecular weight excluding hydrogens is 349 g/mol. The Balaban J connectivity index is 1.85. The summed E-state index contributed by atoms with van der Waals surface area (Å²) >= 11 is 3.20. The van der Waals surface area contributed by atoms with Crippen molar-refractivity contribution in [3.8, 4) is 5.75 Å². The van der Waals surface area contributed by atoms with Crippen LogP contribution in [0.2, 0.25) is 0 Å². The van der Waals surface area contributed by atoms with E-state index in [1.165, 1.54) is 12.1 Å². The fourth-order valence-corrected chi connectivity index (χ4v) is 2.44. The van der Waals surface area contributed by atoms with Gasteiger partial charge in [0.2, 0.25) is 6.10 Å². The molecule has 0 bridgehead atoms. The Hall–Kier alpha value is -1.88. The average Bonchev–Trinajstić information content (AvgIpc) is 3.31. The minimum absolute atomic E-state index is 0.0583. The number of halogens is 2. The van der Waals surface area contributed by atoms with Crippen LogP contribution in [0.5, 0.6) is 5.75 Å². The molecule has 1 saturated carbocycles. The Morgan fingerprint density at radius 3 is 2.59 bits per heavy atom. The summed E-state index contributed by atoms with van der Waals surface area (Å²) in [5, 5.41) is 2.91. The quantitative estimate of drug-likeness (QED) is 0.872. The zero-order chi connectivity index (χ0) is 15.5. The maximum atomic E-state index is 14.0. The summed E-state index contributed by atoms with van der Waals surface area (Å²) in [4.78, 5) is 12.4. The van der Waals surface area contributed by atoms with Crippen molar-refractivity contribution in [1.82, 2.24) is 5.32 Å². The van der Waals surface area contributed by atoms with Gasteiger partial charge in [-0.1, -0.05) is 46.3 Å². The molecule has 22 heavy (non-hydrogen) atoms. The van der Waals surface area contributed by atoms with Crippen molar-refractivity contribution in [3.05, 3.63) is 64.4 Å². The standard InChI is InChI=1S/C17H15BrFNO2/c18-12-6-9-15(14(19)10-12)22-16(11-4-2-1-3-5-11)17(21)20-13-7-8-13/h1-6,9-10,13,16H,7-8H2,(H,20,21)/t16-/m1/s1. The van der Waals surface area contributed by atoms with Crippen molar-refractivity contribution in [2.24, 2.45) is 0 Å². The fourth-order valence-electron chi connectivity index (χ4n) is 2.10. The Bertz CT molecular complexity index is 674. The number of carbonyl (C=O) groups is 1. The summed E-state index contributed by atoms with van der Waals surface area (Å²) in [5.74, 6) is -0.687. The monoisotopic (exact) mass is 363 g/mol. The van der Waals surface area contributed by atoms with Gasteiger partial charge >= 0.3 is 0 Å². The lowest BCUT2D eigenvalue weighted by Crippen LogP contribution is -2.34. The molecule has 114 valence electrons. The van der Waals surface area contributed by atoms with Crippen LogP contribution in [0.15, 0.2) is 53.0 Å². The molecule has 0 unspecified atom stereocenters. The first-order valence-corrected chi connectivity index (χ1v) is 7.90. The third kappa shape index (κ3) is 3.65. The summed E-state index contributed by atoms with van der Waals surface area (Å²) in [6.07, 6.45) is 1.11. The number of rotatable bonds is 5. The summed E-state index contributed by atoms with van der Waals surface area (Å²) in [6, 6.07) is 13.8. The molecule has 5 heteroatoms. The summed E-state index contributed by atoms with van der Waals surface area (Å²) in [7, 11) is 0. The van der Waals surface area contributed by atoms with Gasteiger partial charge in [0.15, 0.2) is 11.6 Å². The highest BCUT2D eigenvalue weighted by Gasteiger charge is 2.30. The maximum Gasteiger partial charge on any atom is 0.266 e. The van der Waals surface area contributed by atoms with Crippen molar-refractivity contribution in [2.75, 3.05) is 0 Å². The second-order valence-corrected chi connectivity index (χ2v) is 6.18. The van der Waals surface area contributed by atoms with E-state index in [9.17, 15) is 9.18 Å². The van der Waals surface area contributed by atoms with Crippen molar-refractivity contribution in [3.63, 3.8) is 0 Å². The second kappa shape index (κ2) is 6.48. The molecule has 0 radical (unpaired) electrons. The summed E-state index contributed by atoms with van der Waals surface area (Å²) in [6.45, 7) is 0. The van der Waals surface area contributed by atoms with Gasteiger partial charge in [0.25, 0.3) is 5.91 Å². The van der Waals surface area contributed by atoms with Crippen LogP contribution in [-0.2, 0) is 4.79 Å². The number of nitrogens with one attached hydrogen (secondary N) is 1. The molecule has 3 nitrogen and oxygen atoms in total. The highest BCUT2D eigenvalue weighted by atomic mass is 79.9. The van der Waals surface area contributed by atoms with E-state index in [2.05, 4.69) is 21.2 Å². The predicted octanol–water partition coefficient (Wildman–Crippen LogP) is 3.99. The second-order valence-electron chi connectivity index (χ2n) is 5.27. The van der Waals surface area contributed by atoms with Crippen molar-refractivity contribution in [1.29, 1.82) is 0 Å². The van der Waals surface area contributed by atoms with Crippen LogP contribution in [0.25, 0.3) is 0 Å². The molecule has 2 aromatic rings. The van der Waals surface area contributed by atoms with Crippen molar-refractivity contribution in [2.45, 2.75) is 25.0 Å². The lowest BCUT2D eigenvalue weighted by atomic mass is 10.1. The maximum absolute atomic E-state index is 14.0. The molecule has 0 aliphatic heterocycles. The van der Waals surface area contributed by atoms with Crippen LogP contribution in [0.3, 0.4) is 0 Å². The smallest absolute Gasteiger partial charge is 0.266 e. The van der Waals surface area contributed by atoms with Gasteiger partial charge in [0, 0.05) is 16.1 Å². The molecule has 1 fully saturated rings. The van der Waals surface area contributed by atoms with Crippen LogP contribution in [0.1, 0.15) is 24.5 Å². The first kappa shape index (κ1) is 15.0. The zero-order valence-corrected chi connectivity index (χ0v) is 13.3. The molecule has 0 aromatic heterocycles. The molecule has 1 N–H and O–H groups in total. The molecule has 1 aliphatic rings. The van der Waals surface area contributed by atoms with Crippen LogP contribution < -0.4 is 10.1 Å². The molecule has 1 aliphatic carbocycles. The Morgan fingerprint density at radius 2 is 1.95 bits per heavy atom. The van der Waals surface area contributed by atoms with E-state index in [-0.39, 0.29) is 17.7 Å². The zero-order valence-electron chi connectivity index (χ0n) is 11.8. The number of benzene rings is 2. The third-order valence-corrected chi connectivity index (χ3v) is 3.90. The third-order valence-electron chi connectivity index (χ3n) is 3.40. The largest absolute Gasteiger partial charge is 0.473 e. The number of ether oxygens (including phenoxy) is 1. The molecule has 1 atom stereocenters. The average molecular weight is 364 g/mol. The van der Waals surface area contributed by atoms with Crippen LogP contribution in [-0.4, -0.2) is 11.9 Å². The highest BCUT2D eigenvalue weighted by Crippen LogP contribution is 2.28. The van der Waals surface area contributed by atoms with Crippen LogP contribution in [0.4, 0.5) is 4.39 Å². The molecule has 1 amide bonds. The lowest BCUT2D eigenvalue weighted by Gasteiger charge is -2.19. The van der Waals surface area contributed by atoms with Crippen molar-refractivity contribution < 1.29 is 13.9 Å².